The Bertz CT molecular complexity index is 1700. The van der Waals surface area contributed by atoms with Gasteiger partial charge in [0.15, 0.2) is 0 Å². The first-order valence-electron chi connectivity index (χ1n) is 16.0. The first-order chi connectivity index (χ1) is 28.3. The van der Waals surface area contributed by atoms with Crippen molar-refractivity contribution in [1.29, 1.82) is 0 Å². The number of non-ortho nitro benzene ring substituents is 1. The van der Waals surface area contributed by atoms with Crippen LogP contribution in [0.2, 0.25) is 11.4 Å². The summed E-state index contributed by atoms with van der Waals surface area (Å²) in [6.45, 7) is 1.96. The van der Waals surface area contributed by atoms with Crippen molar-refractivity contribution >= 4 is 93.8 Å². The number of ether oxygens (including phenoxy) is 1. The topological polar surface area (TPSA) is 69.4 Å². The molecule has 5 rings (SSSR count). The monoisotopic (exact) mass is 1260 g/mol. The minimum absolute atomic E-state index is 0. The Morgan fingerprint density at radius 2 is 0.774 bits per heavy atom. The van der Waals surface area contributed by atoms with Crippen LogP contribution >= 0.6 is 35.4 Å². The number of rotatable bonds is 6. The second-order valence-corrected chi connectivity index (χ2v) is 20.6. The molecule has 0 aromatic heterocycles. The van der Waals surface area contributed by atoms with E-state index >= 15 is 0 Å². The summed E-state index contributed by atoms with van der Waals surface area (Å²) >= 11 is -1.98. The van der Waals surface area contributed by atoms with Crippen molar-refractivity contribution in [3.05, 3.63) is 161 Å². The summed E-state index contributed by atoms with van der Waals surface area (Å²) < 4.78 is 127. The summed E-state index contributed by atoms with van der Waals surface area (Å²) in [5.41, 5.74) is 5.29. The first-order valence-corrected chi connectivity index (χ1v) is 27.6. The number of nitrogens with zero attached hydrogens (tertiary/aromatic N) is 1. The molecule has 0 aliphatic carbocycles. The number of carbonyl (C=O) groups is 1. The normalized spacial score (nSPS) is 9.31. The number of carbonyl (C=O) groups excluding carboxylic acids is 1. The van der Waals surface area contributed by atoms with Gasteiger partial charge in [-0.25, -0.2) is 4.79 Å². The van der Waals surface area contributed by atoms with Crippen molar-refractivity contribution in [2.45, 2.75) is 18.3 Å². The van der Waals surface area contributed by atoms with E-state index in [1.165, 1.54) is 41.7 Å². The third kappa shape index (κ3) is 40.5. The Balaban J connectivity index is -0.000000342. The molecular formula is C37H35As2F12NO4P4Rh2. The minimum Gasteiger partial charge on any atom is -0.152 e. The van der Waals surface area contributed by atoms with Crippen LogP contribution in [0.1, 0.15) is 12.5 Å². The van der Waals surface area contributed by atoms with Crippen LogP contribution in [0.4, 0.5) is 56.1 Å². The van der Waals surface area contributed by atoms with Crippen LogP contribution in [0.25, 0.3) is 0 Å². The molecule has 62 heavy (non-hydrogen) atoms. The summed E-state index contributed by atoms with van der Waals surface area (Å²) in [4.78, 5) is 20.7. The van der Waals surface area contributed by atoms with Crippen LogP contribution in [-0.2, 0) is 48.5 Å². The maximum Gasteiger partial charge on any atom is 0.456 e. The van der Waals surface area contributed by atoms with Gasteiger partial charge in [0.25, 0.3) is 5.69 Å². The Hall–Kier alpha value is -2.23. The smallest absolute Gasteiger partial charge is 0.152 e. The number of nitro groups is 1. The molecule has 0 aliphatic rings. The molecule has 0 unspecified atom stereocenters. The fourth-order valence-corrected chi connectivity index (χ4v) is 10.3. The Kier molecular flexibility index (Phi) is 45.7. The largest absolute Gasteiger partial charge is 0.456 e. The van der Waals surface area contributed by atoms with Gasteiger partial charge in [0.05, 0.1) is 11.5 Å². The molecule has 0 spiro atoms. The molecule has 0 N–H and O–H groups in total. The van der Waals surface area contributed by atoms with Crippen molar-refractivity contribution in [3.8, 4) is 11.8 Å². The molecule has 0 fully saturated rings. The van der Waals surface area contributed by atoms with E-state index in [-0.39, 0.29) is 51.3 Å². The van der Waals surface area contributed by atoms with E-state index < -0.39 is 75.6 Å². The molecule has 5 aromatic rings. The molecule has 0 bridgehead atoms. The fourth-order valence-electron chi connectivity index (χ4n) is 3.86. The van der Waals surface area contributed by atoms with Gasteiger partial charge >= 0.3 is 221 Å². The van der Waals surface area contributed by atoms with Crippen molar-refractivity contribution in [3.63, 3.8) is 0 Å². The van der Waals surface area contributed by atoms with Gasteiger partial charge in [0.1, 0.15) is 0 Å². The molecule has 2 radical (unpaired) electrons. The summed E-state index contributed by atoms with van der Waals surface area (Å²) in [5.74, 6) is 4.21. The van der Waals surface area contributed by atoms with Crippen LogP contribution in [0.15, 0.2) is 146 Å². The summed E-state index contributed by atoms with van der Waals surface area (Å²) in [7, 11) is -16.5. The zero-order valence-corrected chi connectivity index (χ0v) is 42.6. The van der Waals surface area contributed by atoms with Crippen molar-refractivity contribution < 1.29 is 104 Å². The van der Waals surface area contributed by atoms with Gasteiger partial charge in [-0.3, -0.25) is 10.1 Å². The summed E-state index contributed by atoms with van der Waals surface area (Å²) in [5, 5.41) is 10.4. The van der Waals surface area contributed by atoms with E-state index in [0.717, 1.165) is 0 Å². The maximum atomic E-state index is 10.9. The Morgan fingerprint density at radius 1 is 0.532 bits per heavy atom. The Morgan fingerprint density at radius 3 is 0.984 bits per heavy atom. The van der Waals surface area contributed by atoms with Crippen molar-refractivity contribution in [1.82, 2.24) is 0 Å². The third-order valence-electron chi connectivity index (χ3n) is 6.24. The van der Waals surface area contributed by atoms with Crippen LogP contribution in [0, 0.1) is 22.0 Å². The maximum absolute atomic E-state index is 10.9. The molecule has 25 heteroatoms. The van der Waals surface area contributed by atoms with E-state index in [2.05, 4.69) is 149 Å². The van der Waals surface area contributed by atoms with Gasteiger partial charge in [0, 0.05) is 62.6 Å². The zero-order chi connectivity index (χ0) is 45.9. The summed E-state index contributed by atoms with van der Waals surface area (Å²) in [6, 6.07) is 48.9. The van der Waals surface area contributed by atoms with Gasteiger partial charge in [0.2, 0.25) is 0 Å². The van der Waals surface area contributed by atoms with Gasteiger partial charge in [-0.2, -0.15) is 50.4 Å². The molecule has 5 nitrogen and oxygen atoms in total. The van der Waals surface area contributed by atoms with Gasteiger partial charge < -0.3 is 4.74 Å². The molecule has 0 atom stereocenters. The second-order valence-electron chi connectivity index (χ2n) is 10.0. The van der Waals surface area contributed by atoms with Crippen LogP contribution in [-0.4, -0.2) is 46.8 Å². The van der Waals surface area contributed by atoms with Crippen molar-refractivity contribution in [2.24, 2.45) is 0 Å². The number of halogens is 12. The molecule has 0 aliphatic heterocycles. The first kappa shape index (κ1) is 66.4. The SMILES string of the molecule is CCOC(=O)C#Cc1ccc([N+](=O)[O-])cc1.C[As](c1ccccc1)c1ccccc1.C[As](c1ccccc1)c1ccccc1.FP(F)F.FP(F)F.FP(F)F.FP(F)F.[Rh].[Rh]. The van der Waals surface area contributed by atoms with Gasteiger partial charge in [-0.1, -0.05) is 5.92 Å². The minimum atomic E-state index is -4.12. The van der Waals surface area contributed by atoms with Crippen molar-refractivity contribution in [2.75, 3.05) is 6.61 Å². The van der Waals surface area contributed by atoms with Gasteiger partial charge in [-0.15, -0.1) is 0 Å². The van der Waals surface area contributed by atoms with Gasteiger partial charge in [-0.05, 0) is 19.1 Å². The average Bonchev–Trinajstić information content (AvgIpc) is 3.21. The molecule has 5 aromatic carbocycles. The summed E-state index contributed by atoms with van der Waals surface area (Å²) in [6.07, 6.45) is 0. The quantitative estimate of drug-likeness (QED) is 0.0323. The van der Waals surface area contributed by atoms with Crippen LogP contribution in [0.5, 0.6) is 0 Å². The predicted octanol–water partition coefficient (Wildman–Crippen LogP) is 13.8. The number of hydrogen-bond acceptors (Lipinski definition) is 4. The van der Waals surface area contributed by atoms with E-state index in [9.17, 15) is 65.3 Å². The van der Waals surface area contributed by atoms with E-state index in [1.807, 2.05) is 0 Å². The second kappa shape index (κ2) is 42.7. The average molecular weight is 1270 g/mol. The van der Waals surface area contributed by atoms with E-state index in [0.29, 0.717) is 5.56 Å². The predicted molar refractivity (Wildman–Crippen MR) is 225 cm³/mol. The molecule has 344 valence electrons. The molecule has 0 saturated heterocycles. The molecular weight excluding hydrogens is 1230 g/mol. The number of nitro benzene ring substituents is 1. The van der Waals surface area contributed by atoms with E-state index in [4.69, 9.17) is 0 Å². The number of esters is 1. The third-order valence-corrected chi connectivity index (χ3v) is 15.2. The molecule has 0 amide bonds. The van der Waals surface area contributed by atoms with Crippen LogP contribution in [0.3, 0.4) is 0 Å². The molecule has 0 heterocycles. The van der Waals surface area contributed by atoms with E-state index in [1.54, 1.807) is 6.92 Å². The molecule has 0 saturated carbocycles. The fraction of sp³-hybridized carbons (Fsp3) is 0.108. The standard InChI is InChI=1S/2C13H13As.C11H9NO4.4F3P.2Rh/c2*1-14(12-8-4-2-5-9-12)13-10-6-3-7-11-13;1-2-16-11(13)8-5-9-3-6-10(7-4-9)12(14)15;4*1-4(2)3;;/h2*2-11H,1H3;3-4,6-7H,2H2,1H3;;;;;;. The zero-order valence-electron chi connectivity index (χ0n) is 32.0. The van der Waals surface area contributed by atoms with Crippen LogP contribution < -0.4 is 17.4 Å². The number of benzene rings is 5. The number of hydrogen-bond donors (Lipinski definition) is 0. The Labute approximate surface area is 392 Å².